The van der Waals surface area contributed by atoms with Gasteiger partial charge in [-0.05, 0) is 29.8 Å². The molecular weight excluding hydrogens is 320 g/mol. The Morgan fingerprint density at radius 3 is 2.42 bits per heavy atom. The van der Waals surface area contributed by atoms with Gasteiger partial charge in [0.1, 0.15) is 5.75 Å². The van der Waals surface area contributed by atoms with Crippen molar-refractivity contribution in [2.24, 2.45) is 0 Å². The Morgan fingerprint density at radius 1 is 1.00 bits per heavy atom. The maximum absolute atomic E-state index is 5.91. The van der Waals surface area contributed by atoms with Gasteiger partial charge in [0, 0.05) is 37.7 Å². The van der Waals surface area contributed by atoms with Crippen LogP contribution in [0.1, 0.15) is 5.56 Å². The molecule has 0 aliphatic carbocycles. The molecule has 0 aromatic heterocycles. The molecule has 3 rings (SSSR count). The number of para-hydroxylation sites is 2. The number of piperazine rings is 1. The van der Waals surface area contributed by atoms with Crippen LogP contribution >= 0.6 is 11.6 Å². The summed E-state index contributed by atoms with van der Waals surface area (Å²) in [6.07, 6.45) is 4.38. The highest BCUT2D eigenvalue weighted by Gasteiger charge is 2.18. The molecule has 0 bridgehead atoms. The maximum atomic E-state index is 5.91. The maximum Gasteiger partial charge on any atom is 0.142 e. The molecule has 1 aliphatic heterocycles. The van der Waals surface area contributed by atoms with Crippen molar-refractivity contribution in [1.82, 2.24) is 4.90 Å². The molecule has 1 saturated heterocycles. The standard InChI is InChI=1S/C20H23ClN2O/c1-24-20-7-3-2-6-19(20)23-15-13-22(14-16-23)12-4-5-17-8-10-18(21)11-9-17/h2-11H,12-16H2,1H3/b5-4+. The van der Waals surface area contributed by atoms with Crippen molar-refractivity contribution in [2.75, 3.05) is 44.7 Å². The number of benzene rings is 2. The van der Waals surface area contributed by atoms with Crippen LogP contribution in [0.25, 0.3) is 6.08 Å². The minimum Gasteiger partial charge on any atom is -0.495 e. The van der Waals surface area contributed by atoms with E-state index in [-0.39, 0.29) is 0 Å². The number of hydrogen-bond acceptors (Lipinski definition) is 3. The van der Waals surface area contributed by atoms with Crippen molar-refractivity contribution in [3.8, 4) is 5.75 Å². The highest BCUT2D eigenvalue weighted by Crippen LogP contribution is 2.28. The number of hydrogen-bond donors (Lipinski definition) is 0. The SMILES string of the molecule is COc1ccccc1N1CCN(C/C=C/c2ccc(Cl)cc2)CC1. The van der Waals surface area contributed by atoms with E-state index < -0.39 is 0 Å². The van der Waals surface area contributed by atoms with Crippen molar-refractivity contribution in [2.45, 2.75) is 0 Å². The molecular formula is C20H23ClN2O. The molecule has 0 saturated carbocycles. The summed E-state index contributed by atoms with van der Waals surface area (Å²) in [5.41, 5.74) is 2.38. The summed E-state index contributed by atoms with van der Waals surface area (Å²) in [5.74, 6) is 0.952. The normalized spacial score (nSPS) is 15.8. The smallest absolute Gasteiger partial charge is 0.142 e. The van der Waals surface area contributed by atoms with Crippen LogP contribution in [0.2, 0.25) is 5.02 Å². The monoisotopic (exact) mass is 342 g/mol. The fourth-order valence-electron chi connectivity index (χ4n) is 2.97. The second-order valence-electron chi connectivity index (χ2n) is 5.91. The van der Waals surface area contributed by atoms with Crippen LogP contribution in [0.5, 0.6) is 5.75 Å². The van der Waals surface area contributed by atoms with Gasteiger partial charge >= 0.3 is 0 Å². The molecule has 0 unspecified atom stereocenters. The van der Waals surface area contributed by atoms with Gasteiger partial charge in [-0.15, -0.1) is 0 Å². The molecule has 2 aromatic carbocycles. The van der Waals surface area contributed by atoms with Crippen molar-refractivity contribution >= 4 is 23.4 Å². The first kappa shape index (κ1) is 16.9. The third kappa shape index (κ3) is 4.31. The van der Waals surface area contributed by atoms with Gasteiger partial charge in [0.15, 0.2) is 0 Å². The number of ether oxygens (including phenoxy) is 1. The van der Waals surface area contributed by atoms with Crippen LogP contribution in [0.4, 0.5) is 5.69 Å². The highest BCUT2D eigenvalue weighted by molar-refractivity contribution is 6.30. The Bertz CT molecular complexity index is 676. The molecule has 1 heterocycles. The molecule has 3 nitrogen and oxygen atoms in total. The molecule has 0 spiro atoms. The van der Waals surface area contributed by atoms with Gasteiger partial charge in [0.25, 0.3) is 0 Å². The third-order valence-corrected chi connectivity index (χ3v) is 4.59. The number of nitrogens with zero attached hydrogens (tertiary/aromatic N) is 2. The van der Waals surface area contributed by atoms with Crippen molar-refractivity contribution < 1.29 is 4.74 Å². The molecule has 0 atom stereocenters. The van der Waals surface area contributed by atoms with Gasteiger partial charge in [-0.2, -0.15) is 0 Å². The number of methoxy groups -OCH3 is 1. The zero-order valence-electron chi connectivity index (χ0n) is 14.0. The van der Waals surface area contributed by atoms with Crippen molar-refractivity contribution in [3.63, 3.8) is 0 Å². The zero-order valence-corrected chi connectivity index (χ0v) is 14.7. The van der Waals surface area contributed by atoms with E-state index in [2.05, 4.69) is 34.1 Å². The van der Waals surface area contributed by atoms with Gasteiger partial charge in [0.2, 0.25) is 0 Å². The summed E-state index contributed by atoms with van der Waals surface area (Å²) in [5, 5.41) is 0.777. The summed E-state index contributed by atoms with van der Waals surface area (Å²) in [4.78, 5) is 4.87. The largest absolute Gasteiger partial charge is 0.495 e. The lowest BCUT2D eigenvalue weighted by Gasteiger charge is -2.36. The first-order chi connectivity index (χ1) is 11.8. The summed E-state index contributed by atoms with van der Waals surface area (Å²) < 4.78 is 5.47. The van der Waals surface area contributed by atoms with Gasteiger partial charge in [0.05, 0.1) is 12.8 Å². The summed E-state index contributed by atoms with van der Waals surface area (Å²) in [6, 6.07) is 16.2. The van der Waals surface area contributed by atoms with E-state index in [1.165, 1.54) is 11.3 Å². The fraction of sp³-hybridized carbons (Fsp3) is 0.300. The van der Waals surface area contributed by atoms with Crippen LogP contribution in [-0.2, 0) is 0 Å². The average molecular weight is 343 g/mol. The van der Waals surface area contributed by atoms with E-state index in [1.54, 1.807) is 7.11 Å². The minimum atomic E-state index is 0.777. The second-order valence-corrected chi connectivity index (χ2v) is 6.35. The summed E-state index contributed by atoms with van der Waals surface area (Å²) in [6.45, 7) is 5.14. The molecule has 0 amide bonds. The van der Waals surface area contributed by atoms with Crippen LogP contribution in [0, 0.1) is 0 Å². The van der Waals surface area contributed by atoms with E-state index in [9.17, 15) is 0 Å². The Kier molecular flexibility index (Phi) is 5.78. The van der Waals surface area contributed by atoms with Gasteiger partial charge in [-0.1, -0.05) is 48.0 Å². The Labute approximate surface area is 149 Å². The molecule has 126 valence electrons. The summed E-state index contributed by atoms with van der Waals surface area (Å²) in [7, 11) is 1.73. The van der Waals surface area contributed by atoms with Gasteiger partial charge in [-0.3, -0.25) is 4.90 Å². The van der Waals surface area contributed by atoms with Gasteiger partial charge < -0.3 is 9.64 Å². The Morgan fingerprint density at radius 2 is 1.71 bits per heavy atom. The van der Waals surface area contributed by atoms with E-state index >= 15 is 0 Å². The van der Waals surface area contributed by atoms with Crippen LogP contribution in [0.3, 0.4) is 0 Å². The first-order valence-corrected chi connectivity index (χ1v) is 8.66. The number of rotatable bonds is 5. The Balaban J connectivity index is 1.51. The quantitative estimate of drug-likeness (QED) is 0.810. The van der Waals surface area contributed by atoms with E-state index in [0.29, 0.717) is 0 Å². The first-order valence-electron chi connectivity index (χ1n) is 8.29. The van der Waals surface area contributed by atoms with Crippen LogP contribution in [0.15, 0.2) is 54.6 Å². The van der Waals surface area contributed by atoms with Gasteiger partial charge in [-0.25, -0.2) is 0 Å². The topological polar surface area (TPSA) is 15.7 Å². The lowest BCUT2D eigenvalue weighted by Crippen LogP contribution is -2.46. The summed E-state index contributed by atoms with van der Waals surface area (Å²) >= 11 is 5.91. The van der Waals surface area contributed by atoms with E-state index in [0.717, 1.165) is 43.5 Å². The lowest BCUT2D eigenvalue weighted by molar-refractivity contribution is 0.283. The molecule has 4 heteroatoms. The van der Waals surface area contributed by atoms with Crippen LogP contribution < -0.4 is 9.64 Å². The minimum absolute atomic E-state index is 0.777. The lowest BCUT2D eigenvalue weighted by atomic mass is 10.2. The zero-order chi connectivity index (χ0) is 16.8. The highest BCUT2D eigenvalue weighted by atomic mass is 35.5. The van der Waals surface area contributed by atoms with Crippen LogP contribution in [-0.4, -0.2) is 44.7 Å². The Hall–Kier alpha value is -1.97. The second kappa shape index (κ2) is 8.22. The van der Waals surface area contributed by atoms with E-state index in [1.807, 2.05) is 36.4 Å². The molecule has 1 fully saturated rings. The average Bonchev–Trinajstić information content (AvgIpc) is 2.64. The molecule has 2 aromatic rings. The molecule has 0 N–H and O–H groups in total. The third-order valence-electron chi connectivity index (χ3n) is 4.34. The molecule has 24 heavy (non-hydrogen) atoms. The molecule has 0 radical (unpaired) electrons. The van der Waals surface area contributed by atoms with Crippen molar-refractivity contribution in [1.29, 1.82) is 0 Å². The van der Waals surface area contributed by atoms with E-state index in [4.69, 9.17) is 16.3 Å². The van der Waals surface area contributed by atoms with Crippen molar-refractivity contribution in [3.05, 3.63) is 65.2 Å². The predicted octanol–water partition coefficient (Wildman–Crippen LogP) is 4.18. The number of halogens is 1. The number of anilines is 1. The fourth-order valence-corrected chi connectivity index (χ4v) is 3.10. The molecule has 1 aliphatic rings. The predicted molar refractivity (Wildman–Crippen MR) is 102 cm³/mol.